The predicted molar refractivity (Wildman–Crippen MR) is 92.5 cm³/mol. The van der Waals surface area contributed by atoms with Crippen LogP contribution in [0.15, 0.2) is 18.2 Å². The van der Waals surface area contributed by atoms with Crippen LogP contribution in [0, 0.1) is 0 Å². The van der Waals surface area contributed by atoms with E-state index in [-0.39, 0.29) is 11.5 Å². The number of unbranched alkanes of at least 4 members (excludes halogenated alkanes) is 2. The van der Waals surface area contributed by atoms with Crippen LogP contribution in [0.2, 0.25) is 0 Å². The lowest BCUT2D eigenvalue weighted by atomic mass is 9.77. The molecule has 1 saturated carbocycles. The predicted octanol–water partition coefficient (Wildman–Crippen LogP) is 5.27. The van der Waals surface area contributed by atoms with E-state index in [1.165, 1.54) is 24.8 Å². The van der Waals surface area contributed by atoms with Gasteiger partial charge in [0.25, 0.3) is 0 Å². The first-order chi connectivity index (χ1) is 10.4. The second kappa shape index (κ2) is 7.50. The summed E-state index contributed by atoms with van der Waals surface area (Å²) in [4.78, 5) is 0. The fourth-order valence-electron chi connectivity index (χ4n) is 3.72. The van der Waals surface area contributed by atoms with Crippen molar-refractivity contribution in [3.05, 3.63) is 29.3 Å². The van der Waals surface area contributed by atoms with Gasteiger partial charge in [0.15, 0.2) is 0 Å². The Morgan fingerprint density at radius 3 is 2.59 bits per heavy atom. The SMILES string of the molecule is CCCCCC(C)(C)c1ccc(C2CCCC(O)C2)c(O)c1. The molecule has 1 fully saturated rings. The monoisotopic (exact) mass is 304 g/mol. The molecule has 2 heteroatoms. The molecule has 0 spiro atoms. The largest absolute Gasteiger partial charge is 0.508 e. The zero-order chi connectivity index (χ0) is 16.2. The van der Waals surface area contributed by atoms with E-state index in [0.29, 0.717) is 11.7 Å². The van der Waals surface area contributed by atoms with Gasteiger partial charge in [-0.3, -0.25) is 0 Å². The van der Waals surface area contributed by atoms with Crippen LogP contribution in [-0.2, 0) is 5.41 Å². The summed E-state index contributed by atoms with van der Waals surface area (Å²) in [5.74, 6) is 0.723. The summed E-state index contributed by atoms with van der Waals surface area (Å²) in [6.07, 6.45) is 8.51. The van der Waals surface area contributed by atoms with Crippen molar-refractivity contribution in [2.75, 3.05) is 0 Å². The highest BCUT2D eigenvalue weighted by molar-refractivity contribution is 5.41. The highest BCUT2D eigenvalue weighted by Gasteiger charge is 2.26. The van der Waals surface area contributed by atoms with Crippen LogP contribution in [0.5, 0.6) is 5.75 Å². The third kappa shape index (κ3) is 4.25. The average molecular weight is 304 g/mol. The van der Waals surface area contributed by atoms with Crippen molar-refractivity contribution in [1.29, 1.82) is 0 Å². The third-order valence-electron chi connectivity index (χ3n) is 5.30. The summed E-state index contributed by atoms with van der Waals surface area (Å²) in [5, 5.41) is 20.3. The second-order valence-corrected chi connectivity index (χ2v) is 7.63. The summed E-state index contributed by atoms with van der Waals surface area (Å²) in [6.45, 7) is 6.76. The Bertz CT molecular complexity index is 479. The zero-order valence-corrected chi connectivity index (χ0v) is 14.4. The summed E-state index contributed by atoms with van der Waals surface area (Å²) >= 11 is 0. The van der Waals surface area contributed by atoms with E-state index in [4.69, 9.17) is 0 Å². The number of hydrogen-bond acceptors (Lipinski definition) is 2. The number of benzene rings is 1. The van der Waals surface area contributed by atoms with Crippen molar-refractivity contribution >= 4 is 0 Å². The molecular formula is C20H32O2. The number of hydrogen-bond donors (Lipinski definition) is 2. The van der Waals surface area contributed by atoms with Crippen LogP contribution >= 0.6 is 0 Å². The molecule has 2 N–H and O–H groups in total. The standard InChI is InChI=1S/C20H32O2/c1-4-5-6-12-20(2,3)16-10-11-18(19(22)14-16)15-8-7-9-17(21)13-15/h10-11,14-15,17,21-22H,4-9,12-13H2,1-3H3. The quantitative estimate of drug-likeness (QED) is 0.703. The van der Waals surface area contributed by atoms with Crippen molar-refractivity contribution in [2.45, 2.75) is 89.6 Å². The number of phenolic OH excluding ortho intramolecular Hbond substituents is 1. The summed E-state index contributed by atoms with van der Waals surface area (Å²) < 4.78 is 0. The Kier molecular flexibility index (Phi) is 5.91. The smallest absolute Gasteiger partial charge is 0.119 e. The van der Waals surface area contributed by atoms with Crippen LogP contribution < -0.4 is 0 Å². The number of aliphatic hydroxyl groups excluding tert-OH is 1. The van der Waals surface area contributed by atoms with Crippen molar-refractivity contribution < 1.29 is 10.2 Å². The molecular weight excluding hydrogens is 272 g/mol. The number of aliphatic hydroxyl groups is 1. The molecule has 1 aliphatic rings. The van der Waals surface area contributed by atoms with Gasteiger partial charge in [-0.2, -0.15) is 0 Å². The normalized spacial score (nSPS) is 22.7. The fourth-order valence-corrected chi connectivity index (χ4v) is 3.72. The lowest BCUT2D eigenvalue weighted by Gasteiger charge is -2.29. The number of rotatable bonds is 6. The summed E-state index contributed by atoms with van der Waals surface area (Å²) in [7, 11) is 0. The molecule has 22 heavy (non-hydrogen) atoms. The first kappa shape index (κ1) is 17.3. The molecule has 0 radical (unpaired) electrons. The molecule has 2 unspecified atom stereocenters. The first-order valence-corrected chi connectivity index (χ1v) is 8.95. The molecule has 0 heterocycles. The van der Waals surface area contributed by atoms with E-state index >= 15 is 0 Å². The van der Waals surface area contributed by atoms with Crippen LogP contribution in [0.1, 0.15) is 89.2 Å². The molecule has 0 aromatic heterocycles. The molecule has 1 aromatic carbocycles. The minimum atomic E-state index is -0.205. The molecule has 2 rings (SSSR count). The molecule has 0 amide bonds. The van der Waals surface area contributed by atoms with Gasteiger partial charge in [0.1, 0.15) is 5.75 Å². The summed E-state index contributed by atoms with van der Waals surface area (Å²) in [5.41, 5.74) is 2.35. The minimum Gasteiger partial charge on any atom is -0.508 e. The van der Waals surface area contributed by atoms with Gasteiger partial charge in [-0.15, -0.1) is 0 Å². The van der Waals surface area contributed by atoms with E-state index in [2.05, 4.69) is 32.9 Å². The van der Waals surface area contributed by atoms with Gasteiger partial charge in [-0.05, 0) is 54.2 Å². The highest BCUT2D eigenvalue weighted by atomic mass is 16.3. The molecule has 124 valence electrons. The van der Waals surface area contributed by atoms with Crippen molar-refractivity contribution in [3.8, 4) is 5.75 Å². The van der Waals surface area contributed by atoms with Crippen molar-refractivity contribution in [3.63, 3.8) is 0 Å². The second-order valence-electron chi connectivity index (χ2n) is 7.63. The summed E-state index contributed by atoms with van der Waals surface area (Å²) in [6, 6.07) is 6.24. The van der Waals surface area contributed by atoms with E-state index in [9.17, 15) is 10.2 Å². The highest BCUT2D eigenvalue weighted by Crippen LogP contribution is 2.39. The lowest BCUT2D eigenvalue weighted by Crippen LogP contribution is -2.19. The first-order valence-electron chi connectivity index (χ1n) is 8.95. The third-order valence-corrected chi connectivity index (χ3v) is 5.30. The molecule has 2 nitrogen and oxygen atoms in total. The van der Waals surface area contributed by atoms with Gasteiger partial charge in [-0.1, -0.05) is 58.6 Å². The molecule has 0 bridgehead atoms. The molecule has 1 aliphatic carbocycles. The van der Waals surface area contributed by atoms with Crippen LogP contribution in [0.3, 0.4) is 0 Å². The topological polar surface area (TPSA) is 40.5 Å². The van der Waals surface area contributed by atoms with Crippen molar-refractivity contribution in [2.24, 2.45) is 0 Å². The molecule has 2 atom stereocenters. The Morgan fingerprint density at radius 1 is 1.18 bits per heavy atom. The van der Waals surface area contributed by atoms with Gasteiger partial charge < -0.3 is 10.2 Å². The van der Waals surface area contributed by atoms with Crippen molar-refractivity contribution in [1.82, 2.24) is 0 Å². The minimum absolute atomic E-state index is 0.108. The molecule has 1 aromatic rings. The van der Waals surface area contributed by atoms with Gasteiger partial charge in [-0.25, -0.2) is 0 Å². The van der Waals surface area contributed by atoms with Crippen LogP contribution in [-0.4, -0.2) is 16.3 Å². The number of phenols is 1. The van der Waals surface area contributed by atoms with E-state index in [0.717, 1.165) is 37.7 Å². The van der Waals surface area contributed by atoms with E-state index in [1.807, 2.05) is 6.07 Å². The van der Waals surface area contributed by atoms with Gasteiger partial charge >= 0.3 is 0 Å². The Balaban J connectivity index is 2.11. The average Bonchev–Trinajstić information content (AvgIpc) is 2.47. The Labute approximate surface area is 135 Å². The van der Waals surface area contributed by atoms with Crippen LogP contribution in [0.4, 0.5) is 0 Å². The maximum atomic E-state index is 10.5. The Hall–Kier alpha value is -1.02. The van der Waals surface area contributed by atoms with E-state index in [1.54, 1.807) is 0 Å². The molecule has 0 saturated heterocycles. The maximum Gasteiger partial charge on any atom is 0.119 e. The maximum absolute atomic E-state index is 10.5. The van der Waals surface area contributed by atoms with E-state index < -0.39 is 0 Å². The number of aromatic hydroxyl groups is 1. The molecule has 0 aliphatic heterocycles. The van der Waals surface area contributed by atoms with Crippen LogP contribution in [0.25, 0.3) is 0 Å². The fraction of sp³-hybridized carbons (Fsp3) is 0.700. The van der Waals surface area contributed by atoms with Gasteiger partial charge in [0, 0.05) is 0 Å². The van der Waals surface area contributed by atoms with Gasteiger partial charge in [0.2, 0.25) is 0 Å². The zero-order valence-electron chi connectivity index (χ0n) is 14.4. The lowest BCUT2D eigenvalue weighted by molar-refractivity contribution is 0.119. The Morgan fingerprint density at radius 2 is 1.95 bits per heavy atom. The van der Waals surface area contributed by atoms with Gasteiger partial charge in [0.05, 0.1) is 6.10 Å².